The molecule has 1 saturated carbocycles. The molecular weight excluding hydrogens is 487 g/mol. The maximum absolute atomic E-state index is 15.7. The molecule has 37 heavy (non-hydrogen) atoms. The smallest absolute Gasteiger partial charge is 0.345 e. The molecule has 1 aromatic carbocycles. The average Bonchev–Trinajstić information content (AvgIpc) is 3.20. The molecule has 1 aromatic rings. The monoisotopic (exact) mass is 521 g/mol. The van der Waals surface area contributed by atoms with Crippen molar-refractivity contribution >= 4 is 11.8 Å². The summed E-state index contributed by atoms with van der Waals surface area (Å²) in [6.07, 6.45) is 5.20. The molecule has 3 heterocycles. The Kier molecular flexibility index (Phi) is 7.88. The van der Waals surface area contributed by atoms with Crippen molar-refractivity contribution < 1.29 is 32.2 Å². The fraction of sp³-hybridized carbons (Fsp3) is 0.630. The van der Waals surface area contributed by atoms with Crippen molar-refractivity contribution in [1.82, 2.24) is 15.5 Å². The van der Waals surface area contributed by atoms with E-state index in [1.165, 1.54) is 4.90 Å². The maximum atomic E-state index is 15.7. The van der Waals surface area contributed by atoms with Gasteiger partial charge in [0.2, 0.25) is 5.91 Å². The van der Waals surface area contributed by atoms with Crippen LogP contribution in [0.5, 0.6) is 0 Å². The van der Waals surface area contributed by atoms with Crippen molar-refractivity contribution in [2.24, 2.45) is 0 Å². The van der Waals surface area contributed by atoms with E-state index in [0.717, 1.165) is 25.7 Å². The van der Waals surface area contributed by atoms with Gasteiger partial charge in [0.25, 0.3) is 5.91 Å². The zero-order chi connectivity index (χ0) is 26.1. The number of benzene rings is 1. The summed E-state index contributed by atoms with van der Waals surface area (Å²) in [5.74, 6) is -1.02. The molecule has 3 atom stereocenters. The van der Waals surface area contributed by atoms with Crippen LogP contribution in [0.1, 0.15) is 72.9 Å². The highest BCUT2D eigenvalue weighted by atomic mass is 19.3. The highest BCUT2D eigenvalue weighted by molar-refractivity contribution is 6.01. The Morgan fingerprint density at radius 1 is 1.16 bits per heavy atom. The molecule has 4 aliphatic rings. The quantitative estimate of drug-likeness (QED) is 0.571. The topological polar surface area (TPSA) is 79.9 Å². The second kappa shape index (κ2) is 11.1. The van der Waals surface area contributed by atoms with E-state index in [9.17, 15) is 18.4 Å². The summed E-state index contributed by atoms with van der Waals surface area (Å²) in [5, 5.41) is 6.33. The molecule has 2 amide bonds. The molecule has 2 saturated heterocycles. The predicted octanol–water partition coefficient (Wildman–Crippen LogP) is 3.80. The first-order valence-electron chi connectivity index (χ1n) is 13.2. The summed E-state index contributed by atoms with van der Waals surface area (Å²) in [5.41, 5.74) is 1.75. The number of hydrogen-bond acceptors (Lipinski definition) is 5. The lowest BCUT2D eigenvalue weighted by molar-refractivity contribution is -0.170. The van der Waals surface area contributed by atoms with Gasteiger partial charge in [0.15, 0.2) is 0 Å². The van der Waals surface area contributed by atoms with Gasteiger partial charge in [-0.05, 0) is 63.0 Å². The minimum absolute atomic E-state index is 0.0242. The van der Waals surface area contributed by atoms with Crippen LogP contribution in [0.2, 0.25) is 0 Å². The first-order chi connectivity index (χ1) is 17.8. The van der Waals surface area contributed by atoms with E-state index >= 15 is 4.39 Å². The lowest BCUT2D eigenvalue weighted by Gasteiger charge is -2.37. The van der Waals surface area contributed by atoms with Gasteiger partial charge in [0.1, 0.15) is 11.9 Å². The molecule has 0 aromatic heterocycles. The maximum Gasteiger partial charge on any atom is 0.345 e. The van der Waals surface area contributed by atoms with Crippen LogP contribution >= 0.6 is 0 Å². The van der Waals surface area contributed by atoms with E-state index in [0.29, 0.717) is 61.1 Å². The Bertz CT molecular complexity index is 1040. The second-order valence-corrected chi connectivity index (χ2v) is 10.5. The van der Waals surface area contributed by atoms with Gasteiger partial charge in [-0.15, -0.1) is 0 Å². The van der Waals surface area contributed by atoms with Crippen molar-refractivity contribution in [1.29, 1.82) is 0 Å². The summed E-state index contributed by atoms with van der Waals surface area (Å²) in [7, 11) is 0. The van der Waals surface area contributed by atoms with Crippen LogP contribution in [0.3, 0.4) is 0 Å². The number of piperidine rings is 1. The van der Waals surface area contributed by atoms with Crippen molar-refractivity contribution in [3.8, 4) is 0 Å². The van der Waals surface area contributed by atoms with E-state index in [4.69, 9.17) is 4.74 Å². The number of carbonyl (C=O) groups excluding carboxylic acids is 2. The molecule has 3 aliphatic heterocycles. The number of halogens is 3. The standard InChI is InChI=1S/C27H34F3N3O4/c1-15-4-11-22(25(34)31-15)33-14-20-19(26(33)35)10-5-16(24(20)28)13-23-21(3-2-12-36-23)32-17-6-8-18(9-7-17)37-27(29)30/h5,10,17-18,21-23,27,32H,1-4,6-9,11-14H2,(H,31,34)/t17-,18-,21-,22?,23+/m0/s1. The number of hydrogen-bond donors (Lipinski definition) is 2. The Morgan fingerprint density at radius 3 is 2.68 bits per heavy atom. The average molecular weight is 522 g/mol. The van der Waals surface area contributed by atoms with Gasteiger partial charge < -0.3 is 25.0 Å². The van der Waals surface area contributed by atoms with Gasteiger partial charge >= 0.3 is 6.61 Å². The normalized spacial score (nSPS) is 30.5. The Hall–Kier alpha value is -2.43. The van der Waals surface area contributed by atoms with Crippen LogP contribution < -0.4 is 10.6 Å². The lowest BCUT2D eigenvalue weighted by atomic mass is 9.89. The molecule has 2 N–H and O–H groups in total. The summed E-state index contributed by atoms with van der Waals surface area (Å²) in [6, 6.07) is 2.88. The Morgan fingerprint density at radius 2 is 1.95 bits per heavy atom. The third kappa shape index (κ3) is 5.71. The summed E-state index contributed by atoms with van der Waals surface area (Å²) in [4.78, 5) is 26.9. The highest BCUT2D eigenvalue weighted by Gasteiger charge is 2.40. The summed E-state index contributed by atoms with van der Waals surface area (Å²) < 4.78 is 51.4. The number of alkyl halides is 2. The minimum atomic E-state index is -2.74. The molecule has 0 spiro atoms. The van der Waals surface area contributed by atoms with Crippen LogP contribution in [-0.4, -0.2) is 60.3 Å². The molecule has 10 heteroatoms. The fourth-order valence-corrected chi connectivity index (χ4v) is 6.15. The zero-order valence-corrected chi connectivity index (χ0v) is 20.8. The Labute approximate surface area is 214 Å². The van der Waals surface area contributed by atoms with Gasteiger partial charge in [-0.25, -0.2) is 4.39 Å². The minimum Gasteiger partial charge on any atom is -0.376 e. The first kappa shape index (κ1) is 26.2. The van der Waals surface area contributed by atoms with Crippen molar-refractivity contribution in [3.05, 3.63) is 46.9 Å². The largest absolute Gasteiger partial charge is 0.376 e. The summed E-state index contributed by atoms with van der Waals surface area (Å²) >= 11 is 0. The number of ether oxygens (including phenoxy) is 2. The van der Waals surface area contributed by atoms with E-state index < -0.39 is 24.6 Å². The van der Waals surface area contributed by atoms with Gasteiger partial charge in [-0.1, -0.05) is 12.6 Å². The number of amides is 2. The van der Waals surface area contributed by atoms with Gasteiger partial charge in [0, 0.05) is 41.9 Å². The van der Waals surface area contributed by atoms with E-state index in [1.807, 2.05) is 0 Å². The van der Waals surface area contributed by atoms with Crippen LogP contribution in [-0.2, 0) is 27.2 Å². The lowest BCUT2D eigenvalue weighted by Crippen LogP contribution is -2.51. The SMILES string of the molecule is C=C1CCC(N2Cc3c(ccc(C[C@H]4OCCC[C@@H]4N[C@H]4CC[C@H](OC(F)F)CC4)c3F)C2=O)C(=O)N1. The molecule has 0 radical (unpaired) electrons. The van der Waals surface area contributed by atoms with E-state index in [2.05, 4.69) is 21.9 Å². The third-order valence-electron chi connectivity index (χ3n) is 8.12. The predicted molar refractivity (Wildman–Crippen MR) is 129 cm³/mol. The van der Waals surface area contributed by atoms with Gasteiger partial charge in [-0.3, -0.25) is 9.59 Å². The number of allylic oxidation sites excluding steroid dienone is 1. The van der Waals surface area contributed by atoms with E-state index in [1.54, 1.807) is 12.1 Å². The number of rotatable bonds is 7. The molecule has 0 bridgehead atoms. The fourth-order valence-electron chi connectivity index (χ4n) is 6.15. The van der Waals surface area contributed by atoms with Gasteiger partial charge in [0.05, 0.1) is 18.8 Å². The number of carbonyl (C=O) groups is 2. The van der Waals surface area contributed by atoms with Crippen LogP contribution in [0.4, 0.5) is 13.2 Å². The van der Waals surface area contributed by atoms with Crippen LogP contribution in [0.15, 0.2) is 24.4 Å². The van der Waals surface area contributed by atoms with E-state index in [-0.39, 0.29) is 36.5 Å². The second-order valence-electron chi connectivity index (χ2n) is 10.5. The first-order valence-corrected chi connectivity index (χ1v) is 13.2. The molecule has 5 rings (SSSR count). The van der Waals surface area contributed by atoms with Gasteiger partial charge in [-0.2, -0.15) is 8.78 Å². The molecular formula is C27H34F3N3O4. The van der Waals surface area contributed by atoms with Crippen molar-refractivity contribution in [3.63, 3.8) is 0 Å². The molecule has 1 unspecified atom stereocenters. The third-order valence-corrected chi connectivity index (χ3v) is 8.12. The van der Waals surface area contributed by atoms with Crippen LogP contribution in [0, 0.1) is 5.82 Å². The number of nitrogens with one attached hydrogen (secondary N) is 2. The van der Waals surface area contributed by atoms with Crippen LogP contribution in [0.25, 0.3) is 0 Å². The Balaban J connectivity index is 1.23. The zero-order valence-electron chi connectivity index (χ0n) is 20.8. The molecule has 202 valence electrons. The molecule has 1 aliphatic carbocycles. The van der Waals surface area contributed by atoms with Crippen molar-refractivity contribution in [2.75, 3.05) is 6.61 Å². The van der Waals surface area contributed by atoms with Crippen molar-refractivity contribution in [2.45, 2.75) is 101 Å². The number of fused-ring (bicyclic) bond motifs is 1. The number of nitrogens with zero attached hydrogens (tertiary/aromatic N) is 1. The highest BCUT2D eigenvalue weighted by Crippen LogP contribution is 2.33. The molecule has 7 nitrogen and oxygen atoms in total. The summed E-state index contributed by atoms with van der Waals surface area (Å²) in [6.45, 7) is 1.70. The molecule has 3 fully saturated rings.